The summed E-state index contributed by atoms with van der Waals surface area (Å²) in [6, 6.07) is 17.1. The third-order valence-corrected chi connectivity index (χ3v) is 12.5. The molecule has 0 radical (unpaired) electrons. The van der Waals surface area contributed by atoms with Crippen LogP contribution in [0.4, 0.5) is 4.79 Å². The Morgan fingerprint density at radius 3 is 1.91 bits per heavy atom. The first-order valence-corrected chi connectivity index (χ1v) is 21.0. The first kappa shape index (κ1) is 42.7. The lowest BCUT2D eigenvalue weighted by Crippen LogP contribution is -2.61. The fraction of sp³-hybridized carbons (Fsp3) is 0.462. The number of urea groups is 1. The van der Waals surface area contributed by atoms with Crippen molar-refractivity contribution in [3.05, 3.63) is 92.4 Å². The molecule has 3 aromatic carbocycles. The lowest BCUT2D eigenvalue weighted by Gasteiger charge is -2.47. The highest BCUT2D eigenvalue weighted by atomic mass is 35.5. The van der Waals surface area contributed by atoms with Crippen molar-refractivity contribution in [2.75, 3.05) is 86.1 Å². The van der Waals surface area contributed by atoms with Gasteiger partial charge in [-0.1, -0.05) is 59.1 Å². The van der Waals surface area contributed by atoms with Crippen LogP contribution in [0, 0.1) is 0 Å². The van der Waals surface area contributed by atoms with Gasteiger partial charge in [0.25, 0.3) is 0 Å². The van der Waals surface area contributed by atoms with Crippen molar-refractivity contribution in [3.63, 3.8) is 0 Å². The molecule has 5 rings (SSSR count). The maximum absolute atomic E-state index is 15.3. The van der Waals surface area contributed by atoms with Crippen LogP contribution in [0.15, 0.2) is 70.6 Å². The molecule has 2 unspecified atom stereocenters. The van der Waals surface area contributed by atoms with Gasteiger partial charge in [-0.25, -0.2) is 13.2 Å². The summed E-state index contributed by atoms with van der Waals surface area (Å²) < 4.78 is 42.6. The Labute approximate surface area is 338 Å². The number of amidine groups is 1. The first-order chi connectivity index (χ1) is 26.1. The van der Waals surface area contributed by atoms with Gasteiger partial charge in [0, 0.05) is 75.9 Å². The molecule has 0 aliphatic carbocycles. The number of methoxy groups -OCH3 is 2. The number of ether oxygens (including phenoxy) is 3. The van der Waals surface area contributed by atoms with Gasteiger partial charge in [0.05, 0.1) is 41.8 Å². The second-order valence-electron chi connectivity index (χ2n) is 13.8. The Balaban J connectivity index is 1.61. The second kappa shape index (κ2) is 17.8. The summed E-state index contributed by atoms with van der Waals surface area (Å²) in [5.74, 6) is 0.421. The van der Waals surface area contributed by atoms with E-state index < -0.39 is 20.9 Å². The zero-order valence-electron chi connectivity index (χ0n) is 32.0. The first-order valence-electron chi connectivity index (χ1n) is 17.9. The predicted octanol–water partition coefficient (Wildman–Crippen LogP) is 6.20. The number of benzene rings is 3. The van der Waals surface area contributed by atoms with Crippen molar-refractivity contribution in [3.8, 4) is 5.75 Å². The van der Waals surface area contributed by atoms with E-state index in [1.807, 2.05) is 43.0 Å². The van der Waals surface area contributed by atoms with Gasteiger partial charge in [0.15, 0.2) is 9.84 Å². The number of aliphatic imine (C=N–C) groups is 1. The van der Waals surface area contributed by atoms with E-state index >= 15 is 4.79 Å². The highest BCUT2D eigenvalue weighted by Gasteiger charge is 2.60. The molecule has 3 amide bonds. The van der Waals surface area contributed by atoms with Crippen LogP contribution in [0.2, 0.25) is 15.1 Å². The number of carbonyl (C=O) groups is 2. The monoisotopic (exact) mass is 835 g/mol. The van der Waals surface area contributed by atoms with Crippen LogP contribution >= 0.6 is 34.8 Å². The Morgan fingerprint density at radius 1 is 0.855 bits per heavy atom. The number of hydrogen-bond acceptors (Lipinski definition) is 9. The Kier molecular flexibility index (Phi) is 13.8. The molecular weight excluding hydrogens is 789 g/mol. The van der Waals surface area contributed by atoms with Crippen molar-refractivity contribution in [2.24, 2.45) is 4.99 Å². The number of nitrogens with zero attached hydrogens (tertiary/aromatic N) is 5. The van der Waals surface area contributed by atoms with Crippen LogP contribution in [-0.2, 0) is 35.2 Å². The largest absolute Gasteiger partial charge is 0.493 e. The van der Waals surface area contributed by atoms with Crippen molar-refractivity contribution < 1.29 is 32.2 Å². The topological polar surface area (TPSA) is 121 Å². The number of halogens is 3. The average molecular weight is 837 g/mol. The molecule has 1 fully saturated rings. The van der Waals surface area contributed by atoms with Gasteiger partial charge in [-0.2, -0.15) is 0 Å². The summed E-state index contributed by atoms with van der Waals surface area (Å²) in [7, 11) is -0.628. The molecule has 55 heavy (non-hydrogen) atoms. The smallest absolute Gasteiger partial charge is 0.326 e. The van der Waals surface area contributed by atoms with Crippen LogP contribution in [0.5, 0.6) is 5.75 Å². The fourth-order valence-corrected chi connectivity index (χ4v) is 8.70. The zero-order chi connectivity index (χ0) is 40.1. The zero-order valence-corrected chi connectivity index (χ0v) is 35.1. The molecule has 0 N–H and O–H groups in total. The fourth-order valence-electron chi connectivity index (χ4n) is 7.13. The number of rotatable bonds is 14. The maximum atomic E-state index is 15.3. The maximum Gasteiger partial charge on any atom is 0.326 e. The van der Waals surface area contributed by atoms with E-state index in [-0.39, 0.29) is 52.2 Å². The van der Waals surface area contributed by atoms with Crippen molar-refractivity contribution in [1.82, 2.24) is 19.6 Å². The number of sulfone groups is 1. The summed E-state index contributed by atoms with van der Waals surface area (Å²) in [6.07, 6.45) is 1.08. The molecule has 16 heteroatoms. The van der Waals surface area contributed by atoms with E-state index in [1.165, 1.54) is 12.1 Å². The van der Waals surface area contributed by atoms with E-state index in [9.17, 15) is 13.2 Å². The molecule has 0 spiro atoms. The Morgan fingerprint density at radius 2 is 1.40 bits per heavy atom. The van der Waals surface area contributed by atoms with Crippen molar-refractivity contribution in [1.29, 1.82) is 0 Å². The summed E-state index contributed by atoms with van der Waals surface area (Å²) in [6.45, 7) is 9.30. The van der Waals surface area contributed by atoms with E-state index in [4.69, 9.17) is 54.0 Å². The van der Waals surface area contributed by atoms with Gasteiger partial charge in [0.1, 0.15) is 22.7 Å². The van der Waals surface area contributed by atoms with Crippen LogP contribution in [0.1, 0.15) is 37.5 Å². The van der Waals surface area contributed by atoms with E-state index in [0.717, 1.165) is 17.4 Å². The molecule has 1 saturated heterocycles. The lowest BCUT2D eigenvalue weighted by atomic mass is 9.71. The van der Waals surface area contributed by atoms with E-state index in [2.05, 4.69) is 0 Å². The van der Waals surface area contributed by atoms with Gasteiger partial charge < -0.3 is 24.0 Å². The molecule has 298 valence electrons. The minimum Gasteiger partial charge on any atom is -0.493 e. The van der Waals surface area contributed by atoms with E-state index in [0.29, 0.717) is 62.5 Å². The van der Waals surface area contributed by atoms with Crippen molar-refractivity contribution >= 4 is 62.4 Å². The average Bonchev–Trinajstić information content (AvgIpc) is 3.39. The Hall–Kier alpha value is -3.43. The predicted molar refractivity (Wildman–Crippen MR) is 215 cm³/mol. The quantitative estimate of drug-likeness (QED) is 0.188. The molecule has 3 aromatic rings. The van der Waals surface area contributed by atoms with Gasteiger partial charge in [0.2, 0.25) is 5.91 Å². The molecule has 0 bridgehead atoms. The third kappa shape index (κ3) is 8.93. The second-order valence-corrected chi connectivity index (χ2v) is 17.1. The summed E-state index contributed by atoms with van der Waals surface area (Å²) >= 11 is 19.3. The normalized spacial score (nSPS) is 20.4. The highest BCUT2D eigenvalue weighted by Crippen LogP contribution is 2.54. The van der Waals surface area contributed by atoms with Crippen LogP contribution in [-0.4, -0.2) is 132 Å². The summed E-state index contributed by atoms with van der Waals surface area (Å²) in [4.78, 5) is 41.0. The molecule has 2 aliphatic heterocycles. The highest BCUT2D eigenvalue weighted by molar-refractivity contribution is 7.90. The number of piperazine rings is 1. The lowest BCUT2D eigenvalue weighted by molar-refractivity contribution is -0.134. The summed E-state index contributed by atoms with van der Waals surface area (Å²) in [5.41, 5.74) is -0.607. The SMILES string of the molecule is CCOc1cc(Cl)c(S(C)(=O)=O)cc1C1=NC(C)(c2ccc(Cl)cc2)C(C)(c2ccc(Cl)cc2)N1C(=O)N1CCN(CC(=O)N(CCOC)CCOC)CC1. The number of carbonyl (C=O) groups excluding carboxylic acids is 2. The van der Waals surface area contributed by atoms with E-state index in [1.54, 1.807) is 60.1 Å². The van der Waals surface area contributed by atoms with Crippen LogP contribution in [0.3, 0.4) is 0 Å². The van der Waals surface area contributed by atoms with Gasteiger partial charge in [-0.15, -0.1) is 0 Å². The molecular formula is C39H48Cl3N5O7S. The standard InChI is InChI=1S/C39H48Cl3N5O7S/c1-7-54-33-25-32(42)34(55(6,50)51)24-31(33)36-43-38(2,27-8-12-29(40)13-9-27)39(3,28-10-14-30(41)15-11-28)47(36)37(49)46-18-16-44(17-19-46)26-35(48)45(20-22-52-4)21-23-53-5/h8-15,24-25H,7,16-23,26H2,1-6H3. The third-order valence-electron chi connectivity index (χ3n) is 10.4. The summed E-state index contributed by atoms with van der Waals surface area (Å²) in [5, 5.41) is 1.03. The van der Waals surface area contributed by atoms with Crippen molar-refractivity contribution in [2.45, 2.75) is 36.7 Å². The Bertz CT molecular complexity index is 1990. The van der Waals surface area contributed by atoms with Gasteiger partial charge in [-0.05, 0) is 62.2 Å². The van der Waals surface area contributed by atoms with Crippen LogP contribution < -0.4 is 4.74 Å². The molecule has 2 heterocycles. The molecule has 2 atom stereocenters. The number of hydrogen-bond donors (Lipinski definition) is 0. The van der Waals surface area contributed by atoms with Gasteiger partial charge in [-0.3, -0.25) is 19.6 Å². The number of amides is 3. The molecule has 12 nitrogen and oxygen atoms in total. The minimum absolute atomic E-state index is 0.0132. The minimum atomic E-state index is -3.82. The molecule has 2 aliphatic rings. The van der Waals surface area contributed by atoms with Crippen LogP contribution in [0.25, 0.3) is 0 Å². The molecule has 0 saturated carbocycles. The van der Waals surface area contributed by atoms with Gasteiger partial charge >= 0.3 is 6.03 Å². The molecule has 0 aromatic heterocycles.